The van der Waals surface area contributed by atoms with Crippen LogP contribution in [0.4, 0.5) is 0 Å². The molecule has 0 unspecified atom stereocenters. The first kappa shape index (κ1) is 15.1. The predicted octanol–water partition coefficient (Wildman–Crippen LogP) is 3.72. The van der Waals surface area contributed by atoms with Crippen molar-refractivity contribution in [2.24, 2.45) is 0 Å². The summed E-state index contributed by atoms with van der Waals surface area (Å²) in [6.45, 7) is 2.13. The molecule has 25 heavy (non-hydrogen) atoms. The van der Waals surface area contributed by atoms with Gasteiger partial charge in [0.25, 0.3) is 5.91 Å². The highest BCUT2D eigenvalue weighted by Gasteiger charge is 2.14. The molecule has 0 atom stereocenters. The van der Waals surface area contributed by atoms with Crippen LogP contribution in [0, 0.1) is 6.92 Å². The molecule has 0 bridgehead atoms. The Labute approximate surface area is 143 Å². The minimum absolute atomic E-state index is 0.134. The third kappa shape index (κ3) is 3.14. The van der Waals surface area contributed by atoms with Crippen LogP contribution < -0.4 is 5.32 Å². The van der Waals surface area contributed by atoms with Crippen molar-refractivity contribution in [1.82, 2.24) is 15.5 Å². The molecule has 0 fully saturated rings. The molecule has 0 saturated heterocycles. The predicted molar refractivity (Wildman–Crippen MR) is 91.9 cm³/mol. The summed E-state index contributed by atoms with van der Waals surface area (Å²) in [5.74, 6) is 0.754. The van der Waals surface area contributed by atoms with Crippen LogP contribution in [0.15, 0.2) is 63.5 Å². The second-order valence-corrected chi connectivity index (χ2v) is 5.71. The molecule has 2 aromatic heterocycles. The van der Waals surface area contributed by atoms with Gasteiger partial charge in [-0.1, -0.05) is 47.1 Å². The Morgan fingerprint density at radius 2 is 2.00 bits per heavy atom. The molecule has 2 heterocycles. The van der Waals surface area contributed by atoms with Gasteiger partial charge >= 0.3 is 0 Å². The zero-order valence-electron chi connectivity index (χ0n) is 13.5. The number of hydrogen-bond acceptors (Lipinski definition) is 5. The SMILES string of the molecule is Cc1cccc(-c2noc(CNC(=O)c3cc4ccccc4o3)n2)c1. The summed E-state index contributed by atoms with van der Waals surface area (Å²) in [6, 6.07) is 17.0. The number of aromatic nitrogens is 2. The third-order valence-corrected chi connectivity index (χ3v) is 3.79. The molecule has 0 aliphatic carbocycles. The maximum Gasteiger partial charge on any atom is 0.287 e. The summed E-state index contributed by atoms with van der Waals surface area (Å²) in [4.78, 5) is 16.5. The number of rotatable bonds is 4. The molecule has 0 aliphatic rings. The molecule has 124 valence electrons. The van der Waals surface area contributed by atoms with Crippen LogP contribution in [0.25, 0.3) is 22.4 Å². The van der Waals surface area contributed by atoms with Crippen molar-refractivity contribution in [2.75, 3.05) is 0 Å². The lowest BCUT2D eigenvalue weighted by Gasteiger charge is -1.98. The Morgan fingerprint density at radius 1 is 1.12 bits per heavy atom. The van der Waals surface area contributed by atoms with E-state index in [2.05, 4.69) is 15.5 Å². The van der Waals surface area contributed by atoms with Gasteiger partial charge in [0, 0.05) is 10.9 Å². The molecule has 0 aliphatic heterocycles. The second kappa shape index (κ2) is 6.24. The number of aryl methyl sites for hydroxylation is 1. The molecular weight excluding hydrogens is 318 g/mol. The normalized spacial score (nSPS) is 10.9. The quantitative estimate of drug-likeness (QED) is 0.615. The number of nitrogens with zero attached hydrogens (tertiary/aromatic N) is 2. The Hall–Kier alpha value is -3.41. The number of carbonyl (C=O) groups is 1. The summed E-state index contributed by atoms with van der Waals surface area (Å²) >= 11 is 0. The standard InChI is InChI=1S/C19H15N3O3/c1-12-5-4-7-14(9-12)18-21-17(25-22-18)11-20-19(23)16-10-13-6-2-3-8-15(13)24-16/h2-10H,11H2,1H3,(H,20,23). The molecule has 1 N–H and O–H groups in total. The van der Waals surface area contributed by atoms with Crippen LogP contribution in [0.1, 0.15) is 22.0 Å². The van der Waals surface area contributed by atoms with Crippen molar-refractivity contribution in [3.05, 3.63) is 71.8 Å². The first-order chi connectivity index (χ1) is 12.2. The lowest BCUT2D eigenvalue weighted by molar-refractivity contribution is 0.0920. The third-order valence-electron chi connectivity index (χ3n) is 3.79. The molecule has 0 spiro atoms. The highest BCUT2D eigenvalue weighted by molar-refractivity contribution is 5.95. The maximum absolute atomic E-state index is 12.2. The van der Waals surface area contributed by atoms with Gasteiger partial charge in [-0.15, -0.1) is 0 Å². The van der Waals surface area contributed by atoms with Gasteiger partial charge in [-0.2, -0.15) is 4.98 Å². The number of fused-ring (bicyclic) bond motifs is 1. The van der Waals surface area contributed by atoms with Crippen LogP contribution >= 0.6 is 0 Å². The van der Waals surface area contributed by atoms with Crippen molar-refractivity contribution >= 4 is 16.9 Å². The van der Waals surface area contributed by atoms with E-state index < -0.39 is 0 Å². The lowest BCUT2D eigenvalue weighted by atomic mass is 10.1. The summed E-state index contributed by atoms with van der Waals surface area (Å²) < 4.78 is 10.7. The fraction of sp³-hybridized carbons (Fsp3) is 0.105. The van der Waals surface area contributed by atoms with Gasteiger partial charge in [0.05, 0.1) is 6.54 Å². The monoisotopic (exact) mass is 333 g/mol. The van der Waals surface area contributed by atoms with Gasteiger partial charge in [0.2, 0.25) is 11.7 Å². The molecule has 6 nitrogen and oxygen atoms in total. The van der Waals surface area contributed by atoms with Gasteiger partial charge in [-0.05, 0) is 25.1 Å². The molecule has 2 aromatic carbocycles. The number of hydrogen-bond donors (Lipinski definition) is 1. The van der Waals surface area contributed by atoms with Crippen LogP contribution in [-0.2, 0) is 6.54 Å². The Morgan fingerprint density at radius 3 is 2.84 bits per heavy atom. The van der Waals surface area contributed by atoms with E-state index in [1.807, 2.05) is 55.5 Å². The van der Waals surface area contributed by atoms with E-state index in [1.165, 1.54) is 0 Å². The van der Waals surface area contributed by atoms with Crippen molar-refractivity contribution < 1.29 is 13.7 Å². The van der Waals surface area contributed by atoms with Crippen molar-refractivity contribution in [1.29, 1.82) is 0 Å². The van der Waals surface area contributed by atoms with E-state index in [0.717, 1.165) is 16.5 Å². The van der Waals surface area contributed by atoms with Crippen LogP contribution in [-0.4, -0.2) is 16.0 Å². The van der Waals surface area contributed by atoms with E-state index in [1.54, 1.807) is 6.07 Å². The lowest BCUT2D eigenvalue weighted by Crippen LogP contribution is -2.22. The van der Waals surface area contributed by atoms with E-state index >= 15 is 0 Å². The smallest absolute Gasteiger partial charge is 0.287 e. The molecule has 4 rings (SSSR count). The minimum Gasteiger partial charge on any atom is -0.451 e. The number of para-hydroxylation sites is 1. The molecule has 1 amide bonds. The van der Waals surface area contributed by atoms with Crippen LogP contribution in [0.3, 0.4) is 0 Å². The fourth-order valence-corrected chi connectivity index (χ4v) is 2.56. The average Bonchev–Trinajstić information content (AvgIpc) is 3.26. The summed E-state index contributed by atoms with van der Waals surface area (Å²) in [6.07, 6.45) is 0. The molecule has 6 heteroatoms. The van der Waals surface area contributed by atoms with Crippen molar-refractivity contribution in [3.8, 4) is 11.4 Å². The molecular formula is C19H15N3O3. The number of carbonyl (C=O) groups excluding carboxylic acids is 1. The van der Waals surface area contributed by atoms with E-state index in [9.17, 15) is 4.79 Å². The van der Waals surface area contributed by atoms with Gasteiger partial charge in [-0.25, -0.2) is 0 Å². The van der Waals surface area contributed by atoms with E-state index in [-0.39, 0.29) is 18.2 Å². The first-order valence-electron chi connectivity index (χ1n) is 7.85. The summed E-state index contributed by atoms with van der Waals surface area (Å²) in [7, 11) is 0. The highest BCUT2D eigenvalue weighted by atomic mass is 16.5. The number of benzene rings is 2. The van der Waals surface area contributed by atoms with Gasteiger partial charge in [0.1, 0.15) is 5.58 Å². The molecule has 0 saturated carbocycles. The minimum atomic E-state index is -0.327. The summed E-state index contributed by atoms with van der Waals surface area (Å²) in [5.41, 5.74) is 2.66. The highest BCUT2D eigenvalue weighted by Crippen LogP contribution is 2.19. The van der Waals surface area contributed by atoms with Crippen LogP contribution in [0.5, 0.6) is 0 Å². The number of amides is 1. The van der Waals surface area contributed by atoms with Crippen LogP contribution in [0.2, 0.25) is 0 Å². The first-order valence-corrected chi connectivity index (χ1v) is 7.85. The zero-order chi connectivity index (χ0) is 17.2. The largest absolute Gasteiger partial charge is 0.451 e. The van der Waals surface area contributed by atoms with E-state index in [0.29, 0.717) is 17.3 Å². The van der Waals surface area contributed by atoms with Gasteiger partial charge in [-0.3, -0.25) is 4.79 Å². The zero-order valence-corrected chi connectivity index (χ0v) is 13.5. The Bertz CT molecular complexity index is 1020. The van der Waals surface area contributed by atoms with Crippen molar-refractivity contribution in [3.63, 3.8) is 0 Å². The molecule has 4 aromatic rings. The van der Waals surface area contributed by atoms with E-state index in [4.69, 9.17) is 8.94 Å². The van der Waals surface area contributed by atoms with Crippen molar-refractivity contribution in [2.45, 2.75) is 13.5 Å². The van der Waals surface area contributed by atoms with Gasteiger partial charge < -0.3 is 14.3 Å². The fourth-order valence-electron chi connectivity index (χ4n) is 2.56. The average molecular weight is 333 g/mol. The second-order valence-electron chi connectivity index (χ2n) is 5.71. The maximum atomic E-state index is 12.2. The molecule has 0 radical (unpaired) electrons. The summed E-state index contributed by atoms with van der Waals surface area (Å²) in [5, 5.41) is 7.56. The van der Waals surface area contributed by atoms with Gasteiger partial charge in [0.15, 0.2) is 5.76 Å². The topological polar surface area (TPSA) is 81.2 Å². The Kier molecular flexibility index (Phi) is 3.78. The number of furan rings is 1. The number of nitrogens with one attached hydrogen (secondary N) is 1. The Balaban J connectivity index is 1.45.